The molecule has 1 aromatic heterocycles. The number of amides is 1. The highest BCUT2D eigenvalue weighted by molar-refractivity contribution is 5.95. The molecule has 1 aliphatic rings. The number of nitrogens with two attached hydrogens (primary N) is 1. The highest BCUT2D eigenvalue weighted by Gasteiger charge is 2.21. The van der Waals surface area contributed by atoms with E-state index in [1.54, 1.807) is 6.07 Å². The molecule has 0 radical (unpaired) electrons. The van der Waals surface area contributed by atoms with Gasteiger partial charge >= 0.3 is 0 Å². The molecule has 4 N–H and O–H groups in total. The third-order valence-corrected chi connectivity index (χ3v) is 4.02. The number of likely N-dealkylation sites (tertiary alicyclic amines) is 1. The van der Waals surface area contributed by atoms with Gasteiger partial charge in [0.05, 0.1) is 0 Å². The molecular formula is C15H25N5O. The second-order valence-corrected chi connectivity index (χ2v) is 5.49. The summed E-state index contributed by atoms with van der Waals surface area (Å²) in [7, 11) is 0. The molecule has 2 heterocycles. The molecule has 6 heteroatoms. The molecule has 0 spiro atoms. The number of aromatic nitrogens is 1. The smallest absolute Gasteiger partial charge is 0.251 e. The highest BCUT2D eigenvalue weighted by Crippen LogP contribution is 2.15. The Kier molecular flexibility index (Phi) is 5.52. The van der Waals surface area contributed by atoms with Crippen LogP contribution in [0.4, 0.5) is 5.82 Å². The molecule has 116 valence electrons. The number of pyridine rings is 1. The molecule has 21 heavy (non-hydrogen) atoms. The van der Waals surface area contributed by atoms with Gasteiger partial charge in [0, 0.05) is 24.3 Å². The summed E-state index contributed by atoms with van der Waals surface area (Å²) in [4.78, 5) is 19.0. The van der Waals surface area contributed by atoms with E-state index in [9.17, 15) is 4.79 Å². The Morgan fingerprint density at radius 3 is 2.90 bits per heavy atom. The summed E-state index contributed by atoms with van der Waals surface area (Å²) >= 11 is 0. The molecule has 0 aromatic carbocycles. The number of carbonyl (C=O) groups excluding carboxylic acids is 1. The van der Waals surface area contributed by atoms with Gasteiger partial charge in [-0.05, 0) is 44.0 Å². The Balaban J connectivity index is 1.94. The standard InChI is InChI=1S/C15H25N5O/c1-3-13-7-12(8-14(18-13)19-16)15(21)17-9-11-5-6-20(4-2)10-11/h7-8,11H,3-6,9-10,16H2,1-2H3,(H,17,21)(H,18,19). The van der Waals surface area contributed by atoms with E-state index in [0.717, 1.165) is 44.7 Å². The Morgan fingerprint density at radius 1 is 1.48 bits per heavy atom. The van der Waals surface area contributed by atoms with E-state index in [-0.39, 0.29) is 5.91 Å². The third-order valence-electron chi connectivity index (χ3n) is 4.02. The predicted molar refractivity (Wildman–Crippen MR) is 84.0 cm³/mol. The minimum atomic E-state index is -0.0569. The summed E-state index contributed by atoms with van der Waals surface area (Å²) in [5.74, 6) is 6.41. The molecule has 1 amide bonds. The van der Waals surface area contributed by atoms with E-state index >= 15 is 0 Å². The van der Waals surface area contributed by atoms with E-state index in [2.05, 4.69) is 27.6 Å². The maximum absolute atomic E-state index is 12.3. The first kappa shape index (κ1) is 15.7. The van der Waals surface area contributed by atoms with Gasteiger partial charge in [0.25, 0.3) is 5.91 Å². The number of anilines is 1. The monoisotopic (exact) mass is 291 g/mol. The molecule has 0 aliphatic carbocycles. The van der Waals surface area contributed by atoms with E-state index in [1.165, 1.54) is 0 Å². The molecule has 0 saturated carbocycles. The number of hydrazine groups is 1. The topological polar surface area (TPSA) is 83.3 Å². The van der Waals surface area contributed by atoms with Crippen molar-refractivity contribution >= 4 is 11.7 Å². The van der Waals surface area contributed by atoms with Crippen molar-refractivity contribution in [3.05, 3.63) is 23.4 Å². The van der Waals surface area contributed by atoms with Crippen molar-refractivity contribution in [2.24, 2.45) is 11.8 Å². The maximum Gasteiger partial charge on any atom is 0.251 e. The minimum Gasteiger partial charge on any atom is -0.352 e. The SMILES string of the molecule is CCc1cc(C(=O)NCC2CCN(CC)C2)cc(NN)n1. The Bertz CT molecular complexity index is 469. The molecule has 1 atom stereocenters. The number of aryl methyl sites for hydroxylation is 1. The van der Waals surface area contributed by atoms with Gasteiger partial charge in [-0.25, -0.2) is 10.8 Å². The van der Waals surface area contributed by atoms with Crippen LogP contribution in [0.5, 0.6) is 0 Å². The van der Waals surface area contributed by atoms with Crippen LogP contribution in [0.3, 0.4) is 0 Å². The second kappa shape index (κ2) is 7.38. The average Bonchev–Trinajstić information content (AvgIpc) is 3.00. The lowest BCUT2D eigenvalue weighted by molar-refractivity contribution is 0.0947. The number of hydrogen-bond donors (Lipinski definition) is 3. The fourth-order valence-corrected chi connectivity index (χ4v) is 2.68. The first-order valence-corrected chi connectivity index (χ1v) is 7.64. The van der Waals surface area contributed by atoms with Crippen LogP contribution in [0.1, 0.15) is 36.3 Å². The first-order valence-electron chi connectivity index (χ1n) is 7.64. The minimum absolute atomic E-state index is 0.0569. The lowest BCUT2D eigenvalue weighted by Crippen LogP contribution is -2.31. The van der Waals surface area contributed by atoms with Crippen LogP contribution >= 0.6 is 0 Å². The van der Waals surface area contributed by atoms with Gasteiger partial charge in [-0.15, -0.1) is 0 Å². The summed E-state index contributed by atoms with van der Waals surface area (Å²) in [5, 5.41) is 3.03. The van der Waals surface area contributed by atoms with Crippen molar-refractivity contribution in [1.29, 1.82) is 0 Å². The van der Waals surface area contributed by atoms with Crippen LogP contribution in [0.25, 0.3) is 0 Å². The first-order chi connectivity index (χ1) is 10.2. The molecule has 1 unspecified atom stereocenters. The van der Waals surface area contributed by atoms with Gasteiger partial charge in [-0.2, -0.15) is 0 Å². The average molecular weight is 291 g/mol. The Hall–Kier alpha value is -1.66. The van der Waals surface area contributed by atoms with Crippen molar-refractivity contribution in [2.75, 3.05) is 31.6 Å². The van der Waals surface area contributed by atoms with Crippen molar-refractivity contribution in [3.63, 3.8) is 0 Å². The van der Waals surface area contributed by atoms with Crippen LogP contribution in [-0.4, -0.2) is 42.0 Å². The van der Waals surface area contributed by atoms with Crippen LogP contribution in [-0.2, 0) is 6.42 Å². The van der Waals surface area contributed by atoms with Crippen LogP contribution in [0.15, 0.2) is 12.1 Å². The summed E-state index contributed by atoms with van der Waals surface area (Å²) in [5.41, 5.74) is 3.98. The van der Waals surface area contributed by atoms with Gasteiger partial charge in [0.1, 0.15) is 5.82 Å². The number of nitrogens with zero attached hydrogens (tertiary/aromatic N) is 2. The molecular weight excluding hydrogens is 266 g/mol. The van der Waals surface area contributed by atoms with Crippen LogP contribution < -0.4 is 16.6 Å². The number of carbonyl (C=O) groups is 1. The van der Waals surface area contributed by atoms with Gasteiger partial charge in [0.15, 0.2) is 0 Å². The summed E-state index contributed by atoms with van der Waals surface area (Å²) in [6.07, 6.45) is 1.92. The number of nitrogen functional groups attached to an aromatic ring is 1. The van der Waals surface area contributed by atoms with Crippen molar-refractivity contribution < 1.29 is 4.79 Å². The summed E-state index contributed by atoms with van der Waals surface area (Å²) < 4.78 is 0. The number of nitrogens with one attached hydrogen (secondary N) is 2. The van der Waals surface area contributed by atoms with Gasteiger partial charge in [-0.3, -0.25) is 4.79 Å². The molecule has 1 aromatic rings. The second-order valence-electron chi connectivity index (χ2n) is 5.49. The molecule has 1 aliphatic heterocycles. The lowest BCUT2D eigenvalue weighted by Gasteiger charge is -2.14. The zero-order chi connectivity index (χ0) is 15.2. The van der Waals surface area contributed by atoms with Crippen molar-refractivity contribution in [1.82, 2.24) is 15.2 Å². The predicted octanol–water partition coefficient (Wildman–Crippen LogP) is 1.00. The van der Waals surface area contributed by atoms with Gasteiger partial charge in [-0.1, -0.05) is 13.8 Å². The van der Waals surface area contributed by atoms with E-state index in [1.807, 2.05) is 13.0 Å². The summed E-state index contributed by atoms with van der Waals surface area (Å²) in [6.45, 7) is 8.19. The van der Waals surface area contributed by atoms with E-state index < -0.39 is 0 Å². The van der Waals surface area contributed by atoms with E-state index in [0.29, 0.717) is 17.3 Å². The fourth-order valence-electron chi connectivity index (χ4n) is 2.68. The largest absolute Gasteiger partial charge is 0.352 e. The zero-order valence-corrected chi connectivity index (χ0v) is 12.9. The molecule has 2 rings (SSSR count). The molecule has 1 saturated heterocycles. The van der Waals surface area contributed by atoms with Crippen molar-refractivity contribution in [2.45, 2.75) is 26.7 Å². The third kappa shape index (κ3) is 4.15. The maximum atomic E-state index is 12.3. The molecule has 1 fully saturated rings. The number of rotatable bonds is 6. The van der Waals surface area contributed by atoms with Gasteiger partial charge in [0.2, 0.25) is 0 Å². The quantitative estimate of drug-likeness (QED) is 0.538. The Morgan fingerprint density at radius 2 is 2.29 bits per heavy atom. The number of hydrogen-bond acceptors (Lipinski definition) is 5. The van der Waals surface area contributed by atoms with Gasteiger partial charge < -0.3 is 15.6 Å². The van der Waals surface area contributed by atoms with Crippen molar-refractivity contribution in [3.8, 4) is 0 Å². The Labute approximate surface area is 126 Å². The van der Waals surface area contributed by atoms with Crippen LogP contribution in [0, 0.1) is 5.92 Å². The molecule has 0 bridgehead atoms. The highest BCUT2D eigenvalue weighted by atomic mass is 16.1. The summed E-state index contributed by atoms with van der Waals surface area (Å²) in [6, 6.07) is 3.50. The lowest BCUT2D eigenvalue weighted by atomic mass is 10.1. The zero-order valence-electron chi connectivity index (χ0n) is 12.9. The van der Waals surface area contributed by atoms with Crippen LogP contribution in [0.2, 0.25) is 0 Å². The molecule has 6 nitrogen and oxygen atoms in total. The van der Waals surface area contributed by atoms with E-state index in [4.69, 9.17) is 5.84 Å². The normalized spacial score (nSPS) is 18.7. The fraction of sp³-hybridized carbons (Fsp3) is 0.600.